The molecule has 1 heterocycles. The van der Waals surface area contributed by atoms with E-state index in [1.165, 1.54) is 13.0 Å². The number of carbonyl (C=O) groups is 1. The Kier molecular flexibility index (Phi) is 3.98. The molecule has 0 saturated heterocycles. The number of aromatic nitrogens is 1. The molecule has 0 N–H and O–H groups in total. The summed E-state index contributed by atoms with van der Waals surface area (Å²) in [5.74, 6) is -0.268. The summed E-state index contributed by atoms with van der Waals surface area (Å²) in [4.78, 5) is 34.3. The van der Waals surface area contributed by atoms with E-state index in [1.807, 2.05) is 6.92 Å². The quantitative estimate of drug-likeness (QED) is 0.490. The Bertz CT molecular complexity index is 760. The topological polar surface area (TPSA) is 82.2 Å². The van der Waals surface area contributed by atoms with Crippen molar-refractivity contribution in [3.8, 4) is 0 Å². The standard InChI is InChI=1S/C15H14N2O4/c1-10-3-5-12(6-4-10)14(18)9-16-8-13(17(20)21)11(2)7-15(16)19/h3-8H,9H2,1-2H3. The lowest BCUT2D eigenvalue weighted by molar-refractivity contribution is -0.385. The summed E-state index contributed by atoms with van der Waals surface area (Å²) in [5, 5.41) is 10.9. The number of carbonyl (C=O) groups excluding carboxylic acids is 1. The first-order valence-electron chi connectivity index (χ1n) is 6.34. The van der Waals surface area contributed by atoms with Crippen molar-refractivity contribution in [2.24, 2.45) is 0 Å². The number of Topliss-reactive ketones (excluding diaryl/α,β-unsaturated/α-hetero) is 1. The molecule has 0 aliphatic heterocycles. The van der Waals surface area contributed by atoms with Crippen molar-refractivity contribution in [2.75, 3.05) is 0 Å². The minimum Gasteiger partial charge on any atom is -0.301 e. The third kappa shape index (κ3) is 3.22. The van der Waals surface area contributed by atoms with E-state index in [0.717, 1.165) is 16.3 Å². The Balaban J connectivity index is 2.33. The maximum absolute atomic E-state index is 12.1. The van der Waals surface area contributed by atoms with Crippen molar-refractivity contribution in [2.45, 2.75) is 20.4 Å². The average Bonchev–Trinajstić information content (AvgIpc) is 2.42. The monoisotopic (exact) mass is 286 g/mol. The molecular formula is C15H14N2O4. The van der Waals surface area contributed by atoms with E-state index in [2.05, 4.69) is 0 Å². The van der Waals surface area contributed by atoms with Crippen molar-refractivity contribution >= 4 is 11.5 Å². The van der Waals surface area contributed by atoms with Crippen LogP contribution < -0.4 is 5.56 Å². The van der Waals surface area contributed by atoms with Crippen LogP contribution in [0.2, 0.25) is 0 Å². The molecule has 0 aliphatic rings. The fourth-order valence-corrected chi connectivity index (χ4v) is 1.96. The van der Waals surface area contributed by atoms with Crippen molar-refractivity contribution in [1.82, 2.24) is 4.57 Å². The molecule has 0 aliphatic carbocycles. The number of aryl methyl sites for hydroxylation is 2. The zero-order valence-electron chi connectivity index (χ0n) is 11.7. The molecule has 0 radical (unpaired) electrons. The van der Waals surface area contributed by atoms with Crippen LogP contribution in [0.1, 0.15) is 21.5 Å². The molecule has 2 aromatic rings. The van der Waals surface area contributed by atoms with Crippen LogP contribution in [-0.2, 0) is 6.54 Å². The van der Waals surface area contributed by atoms with Crippen molar-refractivity contribution in [1.29, 1.82) is 0 Å². The second kappa shape index (κ2) is 5.70. The highest BCUT2D eigenvalue weighted by molar-refractivity contribution is 5.95. The molecule has 0 unspecified atom stereocenters. The molecule has 0 amide bonds. The van der Waals surface area contributed by atoms with Gasteiger partial charge in [0.2, 0.25) is 0 Å². The molecule has 6 nitrogen and oxygen atoms in total. The number of benzene rings is 1. The van der Waals surface area contributed by atoms with Gasteiger partial charge >= 0.3 is 0 Å². The molecule has 0 bridgehead atoms. The molecule has 1 aromatic heterocycles. The SMILES string of the molecule is Cc1ccc(C(=O)Cn2cc([N+](=O)[O-])c(C)cc2=O)cc1. The zero-order valence-corrected chi connectivity index (χ0v) is 11.7. The van der Waals surface area contributed by atoms with Crippen LogP contribution in [0, 0.1) is 24.0 Å². The summed E-state index contributed by atoms with van der Waals surface area (Å²) < 4.78 is 1.06. The first-order chi connectivity index (χ1) is 9.88. The summed E-state index contributed by atoms with van der Waals surface area (Å²) >= 11 is 0. The van der Waals surface area contributed by atoms with Crippen LogP contribution in [0.15, 0.2) is 41.3 Å². The number of hydrogen-bond acceptors (Lipinski definition) is 4. The van der Waals surface area contributed by atoms with Gasteiger partial charge in [0.15, 0.2) is 5.78 Å². The molecule has 0 saturated carbocycles. The van der Waals surface area contributed by atoms with E-state index in [9.17, 15) is 19.7 Å². The number of ketones is 1. The zero-order chi connectivity index (χ0) is 15.6. The molecule has 0 atom stereocenters. The van der Waals surface area contributed by atoms with Gasteiger partial charge < -0.3 is 4.57 Å². The predicted octanol–water partition coefficient (Wildman–Crippen LogP) is 2.26. The van der Waals surface area contributed by atoms with Gasteiger partial charge in [-0.1, -0.05) is 29.8 Å². The molecule has 1 aromatic carbocycles. The van der Waals surface area contributed by atoms with Crippen LogP contribution in [0.25, 0.3) is 0 Å². The number of pyridine rings is 1. The number of nitrogens with zero attached hydrogens (tertiary/aromatic N) is 2. The number of rotatable bonds is 4. The smallest absolute Gasteiger partial charge is 0.288 e. The van der Waals surface area contributed by atoms with E-state index in [1.54, 1.807) is 24.3 Å². The fourth-order valence-electron chi connectivity index (χ4n) is 1.96. The Hall–Kier alpha value is -2.76. The minimum absolute atomic E-state index is 0.175. The molecule has 2 rings (SSSR count). The number of nitro groups is 1. The van der Waals surface area contributed by atoms with Gasteiger partial charge in [-0.3, -0.25) is 19.7 Å². The Labute approximate surface area is 120 Å². The predicted molar refractivity (Wildman–Crippen MR) is 77.6 cm³/mol. The maximum atomic E-state index is 12.1. The summed E-state index contributed by atoms with van der Waals surface area (Å²) in [5.41, 5.74) is 1.17. The lowest BCUT2D eigenvalue weighted by Crippen LogP contribution is -2.24. The van der Waals surface area contributed by atoms with Gasteiger partial charge in [-0.05, 0) is 13.8 Å². The van der Waals surface area contributed by atoms with Gasteiger partial charge in [0.1, 0.15) is 0 Å². The molecule has 0 spiro atoms. The molecule has 0 fully saturated rings. The van der Waals surface area contributed by atoms with Gasteiger partial charge in [-0.15, -0.1) is 0 Å². The van der Waals surface area contributed by atoms with Crippen LogP contribution in [-0.4, -0.2) is 15.3 Å². The average molecular weight is 286 g/mol. The van der Waals surface area contributed by atoms with Crippen molar-refractivity contribution in [3.63, 3.8) is 0 Å². The second-order valence-electron chi connectivity index (χ2n) is 4.85. The lowest BCUT2D eigenvalue weighted by atomic mass is 10.1. The summed E-state index contributed by atoms with van der Waals surface area (Å²) in [7, 11) is 0. The van der Waals surface area contributed by atoms with E-state index in [4.69, 9.17) is 0 Å². The Morgan fingerprint density at radius 3 is 2.43 bits per heavy atom. The van der Waals surface area contributed by atoms with Gasteiger partial charge in [-0.25, -0.2) is 0 Å². The third-order valence-corrected chi connectivity index (χ3v) is 3.19. The van der Waals surface area contributed by atoms with Crippen molar-refractivity contribution < 1.29 is 9.72 Å². The van der Waals surface area contributed by atoms with Gasteiger partial charge in [0.25, 0.3) is 11.2 Å². The largest absolute Gasteiger partial charge is 0.301 e. The fraction of sp³-hybridized carbons (Fsp3) is 0.200. The highest BCUT2D eigenvalue weighted by atomic mass is 16.6. The molecule has 108 valence electrons. The maximum Gasteiger partial charge on any atom is 0.288 e. The van der Waals surface area contributed by atoms with E-state index < -0.39 is 10.5 Å². The molecular weight excluding hydrogens is 272 g/mol. The van der Waals surface area contributed by atoms with Crippen molar-refractivity contribution in [3.05, 3.63) is 73.7 Å². The van der Waals surface area contributed by atoms with E-state index >= 15 is 0 Å². The molecule has 21 heavy (non-hydrogen) atoms. The summed E-state index contributed by atoms with van der Waals surface area (Å²) in [6, 6.07) is 8.11. The number of hydrogen-bond donors (Lipinski definition) is 0. The van der Waals surface area contributed by atoms with Gasteiger partial charge in [0, 0.05) is 17.2 Å². The Morgan fingerprint density at radius 2 is 1.86 bits per heavy atom. The highest BCUT2D eigenvalue weighted by Crippen LogP contribution is 2.14. The van der Waals surface area contributed by atoms with Crippen LogP contribution >= 0.6 is 0 Å². The second-order valence-corrected chi connectivity index (χ2v) is 4.85. The Morgan fingerprint density at radius 1 is 1.24 bits per heavy atom. The third-order valence-electron chi connectivity index (χ3n) is 3.19. The first kappa shape index (κ1) is 14.6. The van der Waals surface area contributed by atoms with E-state index in [0.29, 0.717) is 5.56 Å². The lowest BCUT2D eigenvalue weighted by Gasteiger charge is -2.06. The highest BCUT2D eigenvalue weighted by Gasteiger charge is 2.15. The van der Waals surface area contributed by atoms with Crippen LogP contribution in [0.4, 0.5) is 5.69 Å². The first-order valence-corrected chi connectivity index (χ1v) is 6.34. The van der Waals surface area contributed by atoms with E-state index in [-0.39, 0.29) is 23.6 Å². The van der Waals surface area contributed by atoms with Crippen LogP contribution in [0.5, 0.6) is 0 Å². The minimum atomic E-state index is -0.568. The summed E-state index contributed by atoms with van der Waals surface area (Å²) in [6.07, 6.45) is 1.11. The summed E-state index contributed by atoms with van der Waals surface area (Å²) in [6.45, 7) is 3.18. The van der Waals surface area contributed by atoms with Crippen LogP contribution in [0.3, 0.4) is 0 Å². The normalized spacial score (nSPS) is 10.4. The van der Waals surface area contributed by atoms with Gasteiger partial charge in [0.05, 0.1) is 17.7 Å². The van der Waals surface area contributed by atoms with Gasteiger partial charge in [-0.2, -0.15) is 0 Å². The molecule has 6 heteroatoms.